The largest absolute Gasteiger partial charge is 0.492 e. The summed E-state index contributed by atoms with van der Waals surface area (Å²) in [6, 6.07) is 4.85. The van der Waals surface area contributed by atoms with Crippen molar-refractivity contribution in [2.24, 2.45) is 4.99 Å². The molecular weight excluding hydrogens is 405 g/mol. The Hall–Kier alpha value is -2.45. The first-order valence-corrected chi connectivity index (χ1v) is 9.29. The highest BCUT2D eigenvalue weighted by molar-refractivity contribution is 6.42. The van der Waals surface area contributed by atoms with E-state index in [0.29, 0.717) is 15.7 Å². The van der Waals surface area contributed by atoms with Crippen molar-refractivity contribution in [2.45, 2.75) is 46.3 Å². The number of hydrogen-bond donors (Lipinski definition) is 3. The van der Waals surface area contributed by atoms with E-state index in [1.807, 2.05) is 13.8 Å². The molecule has 1 aromatic carbocycles. The monoisotopic (exact) mass is 427 g/mol. The average Bonchev–Trinajstić information content (AvgIpc) is 2.89. The SMILES string of the molecule is CC(C)n1cc(O)nc1N=C(NC(=O)OC(C)(C)C)Nc1ccc(Cl)c(Cl)c1. The smallest absolute Gasteiger partial charge is 0.414 e. The number of nitrogens with zero attached hydrogens (tertiary/aromatic N) is 3. The third-order valence-electron chi connectivity index (χ3n) is 3.27. The molecule has 2 rings (SSSR count). The molecule has 0 aliphatic heterocycles. The van der Waals surface area contributed by atoms with E-state index in [0.717, 1.165) is 0 Å². The van der Waals surface area contributed by atoms with E-state index in [1.165, 1.54) is 6.20 Å². The number of aromatic hydroxyl groups is 1. The van der Waals surface area contributed by atoms with Gasteiger partial charge < -0.3 is 19.7 Å². The Kier molecular flexibility index (Phi) is 6.79. The third-order valence-corrected chi connectivity index (χ3v) is 4.01. The fourth-order valence-corrected chi connectivity index (χ4v) is 2.43. The highest BCUT2D eigenvalue weighted by Gasteiger charge is 2.19. The number of halogens is 2. The number of guanidine groups is 1. The summed E-state index contributed by atoms with van der Waals surface area (Å²) < 4.78 is 6.93. The van der Waals surface area contributed by atoms with Crippen molar-refractivity contribution in [2.75, 3.05) is 5.32 Å². The van der Waals surface area contributed by atoms with Crippen molar-refractivity contribution < 1.29 is 14.6 Å². The zero-order chi connectivity index (χ0) is 21.1. The minimum Gasteiger partial charge on any atom is -0.492 e. The van der Waals surface area contributed by atoms with Gasteiger partial charge in [-0.25, -0.2) is 4.79 Å². The van der Waals surface area contributed by atoms with Gasteiger partial charge in [-0.15, -0.1) is 0 Å². The molecule has 0 radical (unpaired) electrons. The number of benzene rings is 1. The minimum atomic E-state index is -0.703. The van der Waals surface area contributed by atoms with Crippen LogP contribution in [0.1, 0.15) is 40.7 Å². The number of nitrogens with one attached hydrogen (secondary N) is 2. The highest BCUT2D eigenvalue weighted by atomic mass is 35.5. The number of hydrogen-bond acceptors (Lipinski definition) is 5. The number of carbonyl (C=O) groups is 1. The van der Waals surface area contributed by atoms with Crippen molar-refractivity contribution in [3.05, 3.63) is 34.4 Å². The lowest BCUT2D eigenvalue weighted by atomic mass is 10.2. The van der Waals surface area contributed by atoms with Crippen LogP contribution in [-0.4, -0.2) is 32.3 Å². The summed E-state index contributed by atoms with van der Waals surface area (Å²) in [5.74, 6) is 0.0601. The number of alkyl carbamates (subject to hydrolysis) is 1. The Bertz CT molecular complexity index is 888. The second-order valence-electron chi connectivity index (χ2n) is 7.24. The van der Waals surface area contributed by atoms with E-state index in [1.54, 1.807) is 43.5 Å². The maximum Gasteiger partial charge on any atom is 0.414 e. The molecule has 0 saturated heterocycles. The van der Waals surface area contributed by atoms with Gasteiger partial charge in [0.15, 0.2) is 0 Å². The molecule has 8 nitrogen and oxygen atoms in total. The van der Waals surface area contributed by atoms with Gasteiger partial charge in [0.2, 0.25) is 17.8 Å². The van der Waals surface area contributed by atoms with Crippen molar-refractivity contribution >= 4 is 46.9 Å². The molecule has 2 aromatic rings. The van der Waals surface area contributed by atoms with Gasteiger partial charge in [-0.2, -0.15) is 9.98 Å². The van der Waals surface area contributed by atoms with Crippen molar-refractivity contribution in [3.63, 3.8) is 0 Å². The van der Waals surface area contributed by atoms with Crippen LogP contribution in [0.3, 0.4) is 0 Å². The maximum atomic E-state index is 12.2. The molecule has 28 heavy (non-hydrogen) atoms. The molecule has 0 spiro atoms. The molecule has 1 heterocycles. The van der Waals surface area contributed by atoms with Gasteiger partial charge in [0.25, 0.3) is 0 Å². The molecule has 0 bridgehead atoms. The van der Waals surface area contributed by atoms with Crippen LogP contribution in [0.4, 0.5) is 16.4 Å². The molecule has 0 fully saturated rings. The predicted octanol–water partition coefficient (Wildman–Crippen LogP) is 5.10. The Morgan fingerprint density at radius 1 is 1.29 bits per heavy atom. The number of imidazole rings is 1. The Morgan fingerprint density at radius 2 is 1.96 bits per heavy atom. The molecule has 0 aliphatic carbocycles. The van der Waals surface area contributed by atoms with Gasteiger partial charge in [-0.3, -0.25) is 5.32 Å². The van der Waals surface area contributed by atoms with Gasteiger partial charge in [0, 0.05) is 11.7 Å². The lowest BCUT2D eigenvalue weighted by Gasteiger charge is -2.20. The van der Waals surface area contributed by atoms with E-state index in [-0.39, 0.29) is 23.8 Å². The zero-order valence-corrected chi connectivity index (χ0v) is 17.8. The van der Waals surface area contributed by atoms with E-state index in [2.05, 4.69) is 20.6 Å². The molecule has 3 N–H and O–H groups in total. The van der Waals surface area contributed by atoms with Gasteiger partial charge in [0.05, 0.1) is 16.2 Å². The van der Waals surface area contributed by atoms with E-state index in [4.69, 9.17) is 27.9 Å². The maximum absolute atomic E-state index is 12.2. The van der Waals surface area contributed by atoms with E-state index >= 15 is 0 Å². The molecule has 10 heteroatoms. The van der Waals surface area contributed by atoms with Gasteiger partial charge >= 0.3 is 6.09 Å². The van der Waals surface area contributed by atoms with Crippen LogP contribution in [-0.2, 0) is 4.74 Å². The fraction of sp³-hybridized carbons (Fsp3) is 0.389. The van der Waals surface area contributed by atoms with Gasteiger partial charge in [-0.1, -0.05) is 23.2 Å². The third kappa shape index (κ3) is 6.31. The molecule has 152 valence electrons. The molecular formula is C18H23Cl2N5O3. The second-order valence-corrected chi connectivity index (χ2v) is 8.06. The van der Waals surface area contributed by atoms with Crippen molar-refractivity contribution in [3.8, 4) is 5.88 Å². The second kappa shape index (κ2) is 8.70. The Balaban J connectivity index is 2.37. The van der Waals surface area contributed by atoms with Crippen LogP contribution < -0.4 is 10.6 Å². The summed E-state index contributed by atoms with van der Waals surface area (Å²) >= 11 is 12.0. The van der Waals surface area contributed by atoms with E-state index in [9.17, 15) is 9.90 Å². The summed E-state index contributed by atoms with van der Waals surface area (Å²) in [5, 5.41) is 15.9. The first-order chi connectivity index (χ1) is 12.9. The quantitative estimate of drug-likeness (QED) is 0.467. The predicted molar refractivity (Wildman–Crippen MR) is 111 cm³/mol. The van der Waals surface area contributed by atoms with Gasteiger partial charge in [0.1, 0.15) is 5.60 Å². The molecule has 0 aliphatic rings. The van der Waals surface area contributed by atoms with Crippen LogP contribution in [0.5, 0.6) is 5.88 Å². The number of ether oxygens (including phenoxy) is 1. The lowest BCUT2D eigenvalue weighted by molar-refractivity contribution is 0.0563. The zero-order valence-electron chi connectivity index (χ0n) is 16.2. The minimum absolute atomic E-state index is 0.0140. The number of rotatable bonds is 3. The highest BCUT2D eigenvalue weighted by Crippen LogP contribution is 2.26. The fourth-order valence-electron chi connectivity index (χ4n) is 2.13. The van der Waals surface area contributed by atoms with E-state index < -0.39 is 11.7 Å². The summed E-state index contributed by atoms with van der Waals surface area (Å²) in [6.07, 6.45) is 0.749. The lowest BCUT2D eigenvalue weighted by Crippen LogP contribution is -2.39. The summed E-state index contributed by atoms with van der Waals surface area (Å²) in [7, 11) is 0. The number of aliphatic imine (C=N–C) groups is 1. The van der Waals surface area contributed by atoms with Crippen LogP contribution in [0.25, 0.3) is 0 Å². The average molecular weight is 428 g/mol. The summed E-state index contributed by atoms with van der Waals surface area (Å²) in [6.45, 7) is 9.07. The summed E-state index contributed by atoms with van der Waals surface area (Å²) in [5.41, 5.74) is -0.149. The summed E-state index contributed by atoms with van der Waals surface area (Å²) in [4.78, 5) is 20.5. The van der Waals surface area contributed by atoms with Crippen LogP contribution in [0.15, 0.2) is 29.4 Å². The van der Waals surface area contributed by atoms with Crippen LogP contribution in [0.2, 0.25) is 10.0 Å². The Labute approximate surface area is 173 Å². The van der Waals surface area contributed by atoms with Crippen molar-refractivity contribution in [1.29, 1.82) is 0 Å². The number of carbonyl (C=O) groups excluding carboxylic acids is 1. The number of anilines is 1. The topological polar surface area (TPSA) is 101 Å². The first kappa shape index (κ1) is 21.8. The molecule has 0 saturated carbocycles. The normalized spacial score (nSPS) is 12.2. The molecule has 1 amide bonds. The number of amides is 1. The van der Waals surface area contributed by atoms with Crippen molar-refractivity contribution in [1.82, 2.24) is 14.9 Å². The van der Waals surface area contributed by atoms with Gasteiger partial charge in [-0.05, 0) is 52.8 Å². The molecule has 0 unspecified atom stereocenters. The standard InChI is InChI=1S/C18H23Cl2N5O3/c1-10(2)25-9-14(26)22-16(25)23-15(24-17(27)28-18(3,4)5)21-11-6-7-12(19)13(20)8-11/h6-10,26H,1-5H3,(H2,21,22,23,24,27). The Morgan fingerprint density at radius 3 is 2.54 bits per heavy atom. The first-order valence-electron chi connectivity index (χ1n) is 8.53. The number of aromatic nitrogens is 2. The van der Waals surface area contributed by atoms with Crippen LogP contribution >= 0.6 is 23.2 Å². The molecule has 0 atom stereocenters. The van der Waals surface area contributed by atoms with Crippen LogP contribution in [0, 0.1) is 0 Å². The molecule has 1 aromatic heterocycles.